The van der Waals surface area contributed by atoms with Crippen LogP contribution >= 0.6 is 0 Å². The first-order valence-corrected chi connectivity index (χ1v) is 10.6. The van der Waals surface area contributed by atoms with Crippen LogP contribution in [0.1, 0.15) is 39.0 Å². The SMILES string of the molecule is CC1CCC(N(C)C(=O)CN2CCCN(S(C)(=O)=O)CC2)CC1. The van der Waals surface area contributed by atoms with Gasteiger partial charge in [0.1, 0.15) is 0 Å². The molecule has 1 aliphatic carbocycles. The Balaban J connectivity index is 1.83. The van der Waals surface area contributed by atoms with E-state index in [9.17, 15) is 13.2 Å². The number of hydrogen-bond donors (Lipinski definition) is 0. The normalized spacial score (nSPS) is 28.3. The second kappa shape index (κ2) is 7.94. The van der Waals surface area contributed by atoms with Gasteiger partial charge in [0.05, 0.1) is 12.8 Å². The minimum atomic E-state index is -3.13. The monoisotopic (exact) mass is 345 g/mol. The van der Waals surface area contributed by atoms with Crippen LogP contribution in [-0.2, 0) is 14.8 Å². The summed E-state index contributed by atoms with van der Waals surface area (Å²) in [6.45, 7) is 5.14. The summed E-state index contributed by atoms with van der Waals surface area (Å²) in [6.07, 6.45) is 6.65. The Kier molecular flexibility index (Phi) is 6.45. The zero-order chi connectivity index (χ0) is 17.0. The molecule has 0 N–H and O–H groups in total. The first-order valence-electron chi connectivity index (χ1n) is 8.70. The molecule has 0 aromatic carbocycles. The maximum absolute atomic E-state index is 12.5. The van der Waals surface area contributed by atoms with E-state index in [0.717, 1.165) is 31.7 Å². The Hall–Kier alpha value is -0.660. The molecule has 0 bridgehead atoms. The van der Waals surface area contributed by atoms with Crippen LogP contribution in [0.3, 0.4) is 0 Å². The molecule has 0 aromatic heterocycles. The van der Waals surface area contributed by atoms with Crippen LogP contribution in [0.15, 0.2) is 0 Å². The van der Waals surface area contributed by atoms with Crippen LogP contribution in [0.4, 0.5) is 0 Å². The predicted octanol–water partition coefficient (Wildman–Crippen LogP) is 0.991. The zero-order valence-electron chi connectivity index (χ0n) is 14.7. The average molecular weight is 346 g/mol. The number of hydrogen-bond acceptors (Lipinski definition) is 4. The number of carbonyl (C=O) groups excluding carboxylic acids is 1. The van der Waals surface area contributed by atoms with Crippen molar-refractivity contribution in [1.82, 2.24) is 14.1 Å². The number of nitrogens with zero attached hydrogens (tertiary/aromatic N) is 3. The van der Waals surface area contributed by atoms with Crippen LogP contribution in [0.2, 0.25) is 0 Å². The zero-order valence-corrected chi connectivity index (χ0v) is 15.5. The molecular formula is C16H31N3O3S. The minimum absolute atomic E-state index is 0.164. The Morgan fingerprint density at radius 3 is 2.35 bits per heavy atom. The molecular weight excluding hydrogens is 314 g/mol. The van der Waals surface area contributed by atoms with Crippen molar-refractivity contribution < 1.29 is 13.2 Å². The molecule has 2 aliphatic rings. The van der Waals surface area contributed by atoms with Crippen molar-refractivity contribution in [1.29, 1.82) is 0 Å². The molecule has 0 aromatic rings. The summed E-state index contributed by atoms with van der Waals surface area (Å²) in [4.78, 5) is 16.5. The van der Waals surface area contributed by atoms with E-state index in [1.54, 1.807) is 0 Å². The summed E-state index contributed by atoms with van der Waals surface area (Å²) in [5.41, 5.74) is 0. The molecule has 1 saturated heterocycles. The average Bonchev–Trinajstić information content (AvgIpc) is 2.72. The van der Waals surface area contributed by atoms with Gasteiger partial charge in [0.2, 0.25) is 15.9 Å². The fourth-order valence-electron chi connectivity index (χ4n) is 3.57. The molecule has 134 valence electrons. The first-order chi connectivity index (χ1) is 10.8. The Morgan fingerprint density at radius 2 is 1.74 bits per heavy atom. The maximum Gasteiger partial charge on any atom is 0.236 e. The summed E-state index contributed by atoms with van der Waals surface area (Å²) in [6, 6.07) is 0.373. The van der Waals surface area contributed by atoms with Crippen molar-refractivity contribution in [3.63, 3.8) is 0 Å². The Morgan fingerprint density at radius 1 is 1.09 bits per heavy atom. The van der Waals surface area contributed by atoms with Gasteiger partial charge in [0.15, 0.2) is 0 Å². The molecule has 0 unspecified atom stereocenters. The topological polar surface area (TPSA) is 60.9 Å². The van der Waals surface area contributed by atoms with Gasteiger partial charge in [-0.2, -0.15) is 0 Å². The van der Waals surface area contributed by atoms with Gasteiger partial charge in [-0.1, -0.05) is 6.92 Å². The van der Waals surface area contributed by atoms with E-state index in [2.05, 4.69) is 11.8 Å². The highest BCUT2D eigenvalue weighted by Crippen LogP contribution is 2.26. The van der Waals surface area contributed by atoms with Crippen LogP contribution in [-0.4, -0.2) is 80.5 Å². The molecule has 1 aliphatic heterocycles. The van der Waals surface area contributed by atoms with Crippen molar-refractivity contribution in [3.8, 4) is 0 Å². The molecule has 6 nitrogen and oxygen atoms in total. The standard InChI is InChI=1S/C16H31N3O3S/c1-14-5-7-15(8-6-14)17(2)16(20)13-18-9-4-10-19(12-11-18)23(3,21)22/h14-15H,4-13H2,1-3H3. The first kappa shape index (κ1) is 18.7. The van der Waals surface area contributed by atoms with E-state index in [-0.39, 0.29) is 5.91 Å². The quantitative estimate of drug-likeness (QED) is 0.762. The highest BCUT2D eigenvalue weighted by Gasteiger charge is 2.27. The summed E-state index contributed by atoms with van der Waals surface area (Å²) >= 11 is 0. The van der Waals surface area contributed by atoms with Gasteiger partial charge in [-0.25, -0.2) is 12.7 Å². The summed E-state index contributed by atoms with van der Waals surface area (Å²) in [5, 5.41) is 0. The van der Waals surface area contributed by atoms with Gasteiger partial charge < -0.3 is 4.90 Å². The van der Waals surface area contributed by atoms with Gasteiger partial charge in [-0.15, -0.1) is 0 Å². The van der Waals surface area contributed by atoms with Crippen LogP contribution in [0.5, 0.6) is 0 Å². The Labute approximate surface area is 140 Å². The fraction of sp³-hybridized carbons (Fsp3) is 0.938. The van der Waals surface area contributed by atoms with Gasteiger partial charge in [-0.3, -0.25) is 9.69 Å². The second-order valence-electron chi connectivity index (χ2n) is 7.21. The van der Waals surface area contributed by atoms with Gasteiger partial charge in [-0.05, 0) is 44.6 Å². The summed E-state index contributed by atoms with van der Waals surface area (Å²) in [7, 11) is -1.21. The number of amides is 1. The minimum Gasteiger partial charge on any atom is -0.342 e. The highest BCUT2D eigenvalue weighted by atomic mass is 32.2. The van der Waals surface area contributed by atoms with Crippen molar-refractivity contribution >= 4 is 15.9 Å². The third-order valence-electron chi connectivity index (χ3n) is 5.30. The van der Waals surface area contributed by atoms with E-state index < -0.39 is 10.0 Å². The molecule has 0 spiro atoms. The molecule has 1 heterocycles. The molecule has 1 saturated carbocycles. The van der Waals surface area contributed by atoms with E-state index in [1.807, 2.05) is 11.9 Å². The highest BCUT2D eigenvalue weighted by molar-refractivity contribution is 7.88. The molecule has 0 atom stereocenters. The molecule has 0 radical (unpaired) electrons. The van der Waals surface area contributed by atoms with Crippen LogP contribution in [0.25, 0.3) is 0 Å². The largest absolute Gasteiger partial charge is 0.342 e. The van der Waals surface area contributed by atoms with Crippen molar-refractivity contribution in [3.05, 3.63) is 0 Å². The van der Waals surface area contributed by atoms with Crippen molar-refractivity contribution in [2.24, 2.45) is 5.92 Å². The lowest BCUT2D eigenvalue weighted by atomic mass is 9.87. The third kappa shape index (κ3) is 5.43. The van der Waals surface area contributed by atoms with Gasteiger partial charge in [0.25, 0.3) is 0 Å². The lowest BCUT2D eigenvalue weighted by molar-refractivity contribution is -0.133. The predicted molar refractivity (Wildman–Crippen MR) is 91.7 cm³/mol. The lowest BCUT2D eigenvalue weighted by Crippen LogP contribution is -2.45. The smallest absolute Gasteiger partial charge is 0.236 e. The van der Waals surface area contributed by atoms with E-state index in [0.29, 0.717) is 32.2 Å². The van der Waals surface area contributed by atoms with Crippen molar-refractivity contribution in [2.75, 3.05) is 46.0 Å². The summed E-state index contributed by atoms with van der Waals surface area (Å²) in [5.74, 6) is 0.944. The number of likely N-dealkylation sites (N-methyl/N-ethyl adjacent to an activating group) is 1. The fourth-order valence-corrected chi connectivity index (χ4v) is 4.45. The van der Waals surface area contributed by atoms with E-state index in [4.69, 9.17) is 0 Å². The second-order valence-corrected chi connectivity index (χ2v) is 9.19. The number of sulfonamides is 1. The van der Waals surface area contributed by atoms with E-state index >= 15 is 0 Å². The third-order valence-corrected chi connectivity index (χ3v) is 6.61. The molecule has 23 heavy (non-hydrogen) atoms. The molecule has 7 heteroatoms. The van der Waals surface area contributed by atoms with Crippen LogP contribution in [0, 0.1) is 5.92 Å². The van der Waals surface area contributed by atoms with E-state index in [1.165, 1.54) is 23.4 Å². The molecule has 2 fully saturated rings. The molecule has 2 rings (SSSR count). The molecule has 1 amide bonds. The summed E-state index contributed by atoms with van der Waals surface area (Å²) < 4.78 is 24.8. The van der Waals surface area contributed by atoms with Gasteiger partial charge in [0, 0.05) is 32.7 Å². The van der Waals surface area contributed by atoms with Crippen LogP contribution < -0.4 is 0 Å². The van der Waals surface area contributed by atoms with Crippen molar-refractivity contribution in [2.45, 2.75) is 45.1 Å². The Bertz CT molecular complexity index is 501. The van der Waals surface area contributed by atoms with Gasteiger partial charge >= 0.3 is 0 Å². The number of carbonyl (C=O) groups is 1. The number of rotatable bonds is 4. The lowest BCUT2D eigenvalue weighted by Gasteiger charge is -2.34. The maximum atomic E-state index is 12.5.